The molecule has 2 N–H and O–H groups in total. The van der Waals surface area contributed by atoms with Crippen molar-refractivity contribution in [2.75, 3.05) is 0 Å². The van der Waals surface area contributed by atoms with Gasteiger partial charge in [0.2, 0.25) is 0 Å². The number of rotatable bonds is 8. The number of hydrogen-bond acceptors (Lipinski definition) is 2. The van der Waals surface area contributed by atoms with E-state index < -0.39 is 0 Å². The maximum absolute atomic E-state index is 6.36. The van der Waals surface area contributed by atoms with Crippen molar-refractivity contribution in [3.8, 4) is 0 Å². The van der Waals surface area contributed by atoms with Gasteiger partial charge in [-0.3, -0.25) is 0 Å². The molecular formula is C18H29N3. The molecule has 1 heterocycles. The van der Waals surface area contributed by atoms with Crippen molar-refractivity contribution >= 4 is 11.0 Å². The van der Waals surface area contributed by atoms with Gasteiger partial charge in [0, 0.05) is 6.54 Å². The van der Waals surface area contributed by atoms with Crippen molar-refractivity contribution in [3.05, 3.63) is 29.6 Å². The van der Waals surface area contributed by atoms with Crippen LogP contribution in [-0.4, -0.2) is 9.55 Å². The molecule has 2 aromatic rings. The number of nitrogens with two attached hydrogens (primary N) is 1. The molecule has 0 aliphatic heterocycles. The number of nitrogens with zero attached hydrogens (tertiary/aromatic N) is 2. The second-order valence-electron chi connectivity index (χ2n) is 5.90. The van der Waals surface area contributed by atoms with Crippen molar-refractivity contribution in [3.63, 3.8) is 0 Å². The van der Waals surface area contributed by atoms with Crippen molar-refractivity contribution in [2.45, 2.75) is 71.9 Å². The third-order valence-electron chi connectivity index (χ3n) is 4.17. The topological polar surface area (TPSA) is 43.8 Å². The Morgan fingerprint density at radius 2 is 1.95 bits per heavy atom. The molecule has 2 rings (SSSR count). The Balaban J connectivity index is 2.40. The molecule has 1 aromatic carbocycles. The van der Waals surface area contributed by atoms with Crippen LogP contribution >= 0.6 is 0 Å². The van der Waals surface area contributed by atoms with Crippen molar-refractivity contribution in [2.24, 2.45) is 5.73 Å². The van der Waals surface area contributed by atoms with E-state index in [1.54, 1.807) is 0 Å². The SMILES string of the molecule is CCCCCn1c(C(N)CCC)nc2cc(CC)ccc21. The van der Waals surface area contributed by atoms with Crippen molar-refractivity contribution in [1.29, 1.82) is 0 Å². The highest BCUT2D eigenvalue weighted by molar-refractivity contribution is 5.77. The molecule has 0 aliphatic rings. The number of imidazole rings is 1. The summed E-state index contributed by atoms with van der Waals surface area (Å²) in [6, 6.07) is 6.70. The normalized spacial score (nSPS) is 13.0. The van der Waals surface area contributed by atoms with E-state index in [1.165, 1.54) is 30.3 Å². The molecule has 0 saturated heterocycles. The van der Waals surface area contributed by atoms with Crippen LogP contribution in [0.5, 0.6) is 0 Å². The highest BCUT2D eigenvalue weighted by Gasteiger charge is 2.16. The predicted molar refractivity (Wildman–Crippen MR) is 90.5 cm³/mol. The molecule has 1 atom stereocenters. The molecule has 21 heavy (non-hydrogen) atoms. The van der Waals surface area contributed by atoms with Gasteiger partial charge in [-0.1, -0.05) is 46.1 Å². The molecule has 0 saturated carbocycles. The maximum Gasteiger partial charge on any atom is 0.126 e. The van der Waals surface area contributed by atoms with Crippen LogP contribution in [0.2, 0.25) is 0 Å². The average molecular weight is 287 g/mol. The fourth-order valence-electron chi connectivity index (χ4n) is 2.89. The predicted octanol–water partition coefficient (Wildman–Crippen LogP) is 4.59. The summed E-state index contributed by atoms with van der Waals surface area (Å²) in [7, 11) is 0. The molecule has 3 nitrogen and oxygen atoms in total. The van der Waals surface area contributed by atoms with Crippen molar-refractivity contribution < 1.29 is 0 Å². The fourth-order valence-corrected chi connectivity index (χ4v) is 2.89. The summed E-state index contributed by atoms with van der Waals surface area (Å²) in [6.45, 7) is 7.63. The zero-order chi connectivity index (χ0) is 15.2. The molecule has 0 fully saturated rings. The number of hydrogen-bond donors (Lipinski definition) is 1. The quantitative estimate of drug-likeness (QED) is 0.722. The summed E-state index contributed by atoms with van der Waals surface area (Å²) < 4.78 is 2.35. The molecule has 116 valence electrons. The molecule has 1 aromatic heterocycles. The standard InChI is InChI=1S/C18H29N3/c1-4-7-8-12-21-17-11-10-14(6-3)13-16(17)20-18(21)15(19)9-5-2/h10-11,13,15H,4-9,12,19H2,1-3H3. The monoisotopic (exact) mass is 287 g/mol. The molecule has 0 amide bonds. The molecular weight excluding hydrogens is 258 g/mol. The van der Waals surface area contributed by atoms with E-state index in [-0.39, 0.29) is 6.04 Å². The highest BCUT2D eigenvalue weighted by atomic mass is 15.1. The second kappa shape index (κ2) is 7.60. The Kier molecular flexibility index (Phi) is 5.80. The van der Waals surface area contributed by atoms with Crippen molar-refractivity contribution in [1.82, 2.24) is 9.55 Å². The van der Waals surface area contributed by atoms with Gasteiger partial charge >= 0.3 is 0 Å². The number of fused-ring (bicyclic) bond motifs is 1. The summed E-state index contributed by atoms with van der Waals surface area (Å²) in [6.07, 6.45) is 6.84. The lowest BCUT2D eigenvalue weighted by Gasteiger charge is -2.14. The number of benzene rings is 1. The minimum absolute atomic E-state index is 0.0501. The van der Waals surface area contributed by atoms with Gasteiger partial charge in [0.05, 0.1) is 17.1 Å². The second-order valence-corrected chi connectivity index (χ2v) is 5.90. The molecule has 0 bridgehead atoms. The van der Waals surface area contributed by atoms with E-state index in [1.807, 2.05) is 0 Å². The Morgan fingerprint density at radius 3 is 2.62 bits per heavy atom. The Labute approximate surface area is 128 Å². The van der Waals surface area contributed by atoms with E-state index in [4.69, 9.17) is 10.7 Å². The van der Waals surface area contributed by atoms with Crippen LogP contribution < -0.4 is 5.73 Å². The van der Waals surface area contributed by atoms with Gasteiger partial charge in [0.25, 0.3) is 0 Å². The van der Waals surface area contributed by atoms with Crippen LogP contribution in [0, 0.1) is 0 Å². The Morgan fingerprint density at radius 1 is 1.14 bits per heavy atom. The molecule has 0 spiro atoms. The van der Waals surface area contributed by atoms with E-state index in [0.29, 0.717) is 0 Å². The van der Waals surface area contributed by atoms with Crippen LogP contribution in [-0.2, 0) is 13.0 Å². The summed E-state index contributed by atoms with van der Waals surface area (Å²) in [5.74, 6) is 1.07. The largest absolute Gasteiger partial charge is 0.327 e. The minimum atomic E-state index is 0.0501. The molecule has 0 aliphatic carbocycles. The van der Waals surface area contributed by atoms with Gasteiger partial charge in [0.1, 0.15) is 5.82 Å². The Bertz CT molecular complexity index is 571. The van der Waals surface area contributed by atoms with Gasteiger partial charge in [-0.15, -0.1) is 0 Å². The van der Waals surface area contributed by atoms with E-state index in [0.717, 1.165) is 37.1 Å². The van der Waals surface area contributed by atoms with Gasteiger partial charge in [-0.2, -0.15) is 0 Å². The summed E-state index contributed by atoms with van der Waals surface area (Å²) >= 11 is 0. The van der Waals surface area contributed by atoms with Gasteiger partial charge in [-0.25, -0.2) is 4.98 Å². The zero-order valence-electron chi connectivity index (χ0n) is 13.7. The summed E-state index contributed by atoms with van der Waals surface area (Å²) in [5, 5.41) is 0. The van der Waals surface area contributed by atoms with E-state index in [9.17, 15) is 0 Å². The molecule has 1 unspecified atom stereocenters. The number of aryl methyl sites for hydroxylation is 2. The first kappa shape index (κ1) is 16.0. The van der Waals surface area contributed by atoms with Crippen LogP contribution in [0.15, 0.2) is 18.2 Å². The number of unbranched alkanes of at least 4 members (excludes halogenated alkanes) is 2. The van der Waals surface area contributed by atoms with Crippen LogP contribution in [0.1, 0.15) is 70.3 Å². The van der Waals surface area contributed by atoms with Gasteiger partial charge in [-0.05, 0) is 37.0 Å². The summed E-state index contributed by atoms with van der Waals surface area (Å²) in [5.41, 5.74) is 10.1. The zero-order valence-corrected chi connectivity index (χ0v) is 13.7. The summed E-state index contributed by atoms with van der Waals surface area (Å²) in [4.78, 5) is 4.86. The average Bonchev–Trinajstić information content (AvgIpc) is 2.86. The maximum atomic E-state index is 6.36. The van der Waals surface area contributed by atoms with Gasteiger partial charge < -0.3 is 10.3 Å². The third kappa shape index (κ3) is 3.65. The smallest absolute Gasteiger partial charge is 0.126 e. The number of aromatic nitrogens is 2. The first-order chi connectivity index (χ1) is 10.2. The lowest BCUT2D eigenvalue weighted by molar-refractivity contribution is 0.533. The lowest BCUT2D eigenvalue weighted by Crippen LogP contribution is -2.16. The first-order valence-electron chi connectivity index (χ1n) is 8.45. The van der Waals surface area contributed by atoms with E-state index >= 15 is 0 Å². The van der Waals surface area contributed by atoms with E-state index in [2.05, 4.69) is 43.5 Å². The highest BCUT2D eigenvalue weighted by Crippen LogP contribution is 2.24. The Hall–Kier alpha value is -1.35. The fraction of sp³-hybridized carbons (Fsp3) is 0.611. The van der Waals surface area contributed by atoms with Crippen LogP contribution in [0.25, 0.3) is 11.0 Å². The third-order valence-corrected chi connectivity index (χ3v) is 4.17. The first-order valence-corrected chi connectivity index (χ1v) is 8.45. The minimum Gasteiger partial charge on any atom is -0.327 e. The lowest BCUT2D eigenvalue weighted by atomic mass is 10.1. The van der Waals surface area contributed by atoms with Crippen LogP contribution in [0.4, 0.5) is 0 Å². The van der Waals surface area contributed by atoms with Gasteiger partial charge in [0.15, 0.2) is 0 Å². The molecule has 0 radical (unpaired) electrons. The molecule has 3 heteroatoms. The van der Waals surface area contributed by atoms with Crippen LogP contribution in [0.3, 0.4) is 0 Å².